The number of hydrogen-bond donors (Lipinski definition) is 1. The first-order chi connectivity index (χ1) is 11.7. The monoisotopic (exact) mass is 465 g/mol. The Morgan fingerprint density at radius 2 is 1.76 bits per heavy atom. The number of likely N-dealkylation sites (tertiary alicyclic amines) is 1. The molecule has 0 amide bonds. The minimum absolute atomic E-state index is 0. The van der Waals surface area contributed by atoms with Crippen molar-refractivity contribution in [2.75, 3.05) is 33.3 Å². The number of esters is 1. The Bertz CT molecular complexity index is 403. The molecule has 1 aliphatic heterocycles. The summed E-state index contributed by atoms with van der Waals surface area (Å²) >= 11 is 0. The predicted molar refractivity (Wildman–Crippen MR) is 114 cm³/mol. The first-order valence-corrected chi connectivity index (χ1v) is 9.84. The van der Waals surface area contributed by atoms with Crippen LogP contribution in [-0.4, -0.2) is 50.1 Å². The molecule has 1 heterocycles. The lowest BCUT2D eigenvalue weighted by Gasteiger charge is -2.22. The van der Waals surface area contributed by atoms with Crippen LogP contribution in [0.25, 0.3) is 0 Å². The number of halogens is 1. The second-order valence-electron chi connectivity index (χ2n) is 7.19. The number of guanidine groups is 1. The topological polar surface area (TPSA) is 53.9 Å². The third-order valence-corrected chi connectivity index (χ3v) is 5.39. The lowest BCUT2D eigenvalue weighted by Crippen LogP contribution is -2.40. The van der Waals surface area contributed by atoms with E-state index in [0.717, 1.165) is 56.6 Å². The van der Waals surface area contributed by atoms with E-state index in [4.69, 9.17) is 4.99 Å². The Morgan fingerprint density at radius 1 is 1.12 bits per heavy atom. The van der Waals surface area contributed by atoms with Gasteiger partial charge >= 0.3 is 5.97 Å². The zero-order valence-electron chi connectivity index (χ0n) is 16.0. The first kappa shape index (κ1) is 22.5. The second kappa shape index (κ2) is 12.8. The van der Waals surface area contributed by atoms with Crippen LogP contribution in [0.1, 0.15) is 64.7 Å². The number of unbranched alkanes of at least 4 members (excludes halogenated alkanes) is 3. The van der Waals surface area contributed by atoms with Crippen molar-refractivity contribution in [2.24, 2.45) is 16.8 Å². The van der Waals surface area contributed by atoms with Gasteiger partial charge in [-0.25, -0.2) is 0 Å². The highest BCUT2D eigenvalue weighted by atomic mass is 127. The van der Waals surface area contributed by atoms with Gasteiger partial charge in [0.1, 0.15) is 0 Å². The molecule has 2 fully saturated rings. The summed E-state index contributed by atoms with van der Waals surface area (Å²) in [5.41, 5.74) is 0. The fraction of sp³-hybridized carbons (Fsp3) is 0.895. The molecule has 1 saturated heterocycles. The van der Waals surface area contributed by atoms with Crippen LogP contribution in [0.3, 0.4) is 0 Å². The molecule has 0 spiro atoms. The van der Waals surface area contributed by atoms with Crippen LogP contribution in [0, 0.1) is 11.8 Å². The van der Waals surface area contributed by atoms with Crippen molar-refractivity contribution >= 4 is 35.9 Å². The third kappa shape index (κ3) is 7.71. The molecule has 25 heavy (non-hydrogen) atoms. The van der Waals surface area contributed by atoms with Gasteiger partial charge in [-0.3, -0.25) is 9.79 Å². The molecule has 6 heteroatoms. The van der Waals surface area contributed by atoms with Gasteiger partial charge in [0.05, 0.1) is 7.11 Å². The Labute approximate surface area is 170 Å². The summed E-state index contributed by atoms with van der Waals surface area (Å²) in [5.74, 6) is 2.79. The quantitative estimate of drug-likeness (QED) is 0.195. The van der Waals surface area contributed by atoms with Crippen molar-refractivity contribution in [2.45, 2.75) is 64.7 Å². The zero-order valence-corrected chi connectivity index (χ0v) is 18.3. The van der Waals surface area contributed by atoms with Gasteiger partial charge in [-0.15, -0.1) is 24.0 Å². The first-order valence-electron chi connectivity index (χ1n) is 9.84. The lowest BCUT2D eigenvalue weighted by atomic mass is 9.82. The van der Waals surface area contributed by atoms with Crippen molar-refractivity contribution in [3.8, 4) is 0 Å². The van der Waals surface area contributed by atoms with Crippen LogP contribution in [0.2, 0.25) is 0 Å². The summed E-state index contributed by atoms with van der Waals surface area (Å²) < 4.78 is 4.66. The van der Waals surface area contributed by atoms with Gasteiger partial charge in [0.15, 0.2) is 5.96 Å². The van der Waals surface area contributed by atoms with Gasteiger partial charge in [-0.2, -0.15) is 0 Å². The summed E-state index contributed by atoms with van der Waals surface area (Å²) in [6, 6.07) is 0. The van der Waals surface area contributed by atoms with Crippen LogP contribution in [0.5, 0.6) is 0 Å². The smallest absolute Gasteiger partial charge is 0.305 e. The standard InChI is InChI=1S/C19H35N3O2.HI/c1-3-20-19(21-13-9-5-4-6-12-18(23)24-2)22-14-16-10-7-8-11-17(16)15-22;/h16-17H,3-15H2,1-2H3,(H,20,21);1H. The lowest BCUT2D eigenvalue weighted by molar-refractivity contribution is -0.140. The number of methoxy groups -OCH3 is 1. The SMILES string of the molecule is CCNC(=NCCCCCCC(=O)OC)N1CC2CCCCC2C1.I. The van der Waals surface area contributed by atoms with E-state index >= 15 is 0 Å². The Balaban J connectivity index is 0.00000312. The third-order valence-electron chi connectivity index (χ3n) is 5.39. The van der Waals surface area contributed by atoms with Gasteiger partial charge in [0, 0.05) is 32.6 Å². The molecule has 0 aromatic carbocycles. The molecule has 2 rings (SSSR count). The summed E-state index contributed by atoms with van der Waals surface area (Å²) in [6.45, 7) is 6.34. The maximum atomic E-state index is 11.1. The number of ether oxygens (including phenoxy) is 1. The molecular formula is C19H36IN3O2. The second-order valence-corrected chi connectivity index (χ2v) is 7.19. The van der Waals surface area contributed by atoms with E-state index in [1.54, 1.807) is 0 Å². The molecule has 0 radical (unpaired) electrons. The average Bonchev–Trinajstić information content (AvgIpc) is 3.03. The zero-order chi connectivity index (χ0) is 17.2. The fourth-order valence-corrected chi connectivity index (χ4v) is 4.03. The number of fused-ring (bicyclic) bond motifs is 1. The van der Waals surface area contributed by atoms with Gasteiger partial charge in [-0.05, 0) is 44.4 Å². The molecule has 5 nitrogen and oxygen atoms in total. The predicted octanol–water partition coefficient (Wildman–Crippen LogP) is 3.82. The van der Waals surface area contributed by atoms with Crippen LogP contribution >= 0.6 is 24.0 Å². The van der Waals surface area contributed by atoms with Crippen molar-refractivity contribution in [3.63, 3.8) is 0 Å². The van der Waals surface area contributed by atoms with E-state index in [0.29, 0.717) is 6.42 Å². The van der Waals surface area contributed by atoms with Crippen LogP contribution in [-0.2, 0) is 9.53 Å². The molecule has 0 bridgehead atoms. The van der Waals surface area contributed by atoms with Crippen molar-refractivity contribution in [3.05, 3.63) is 0 Å². The number of carbonyl (C=O) groups excluding carboxylic acids is 1. The van der Waals surface area contributed by atoms with Gasteiger partial charge in [0.2, 0.25) is 0 Å². The molecule has 146 valence electrons. The molecule has 2 atom stereocenters. The maximum absolute atomic E-state index is 11.1. The summed E-state index contributed by atoms with van der Waals surface area (Å²) in [7, 11) is 1.45. The Kier molecular flexibility index (Phi) is 11.5. The van der Waals surface area contributed by atoms with Gasteiger partial charge in [0.25, 0.3) is 0 Å². The minimum atomic E-state index is -0.0991. The van der Waals surface area contributed by atoms with E-state index in [1.165, 1.54) is 45.9 Å². The molecule has 1 saturated carbocycles. The Hall–Kier alpha value is -0.530. The number of nitrogens with one attached hydrogen (secondary N) is 1. The molecule has 0 aromatic rings. The highest BCUT2D eigenvalue weighted by molar-refractivity contribution is 14.0. The van der Waals surface area contributed by atoms with Gasteiger partial charge in [-0.1, -0.05) is 25.7 Å². The highest BCUT2D eigenvalue weighted by Gasteiger charge is 2.35. The van der Waals surface area contributed by atoms with E-state index in [1.807, 2.05) is 0 Å². The van der Waals surface area contributed by atoms with Crippen molar-refractivity contribution in [1.82, 2.24) is 10.2 Å². The number of carbonyl (C=O) groups is 1. The fourth-order valence-electron chi connectivity index (χ4n) is 4.03. The number of nitrogens with zero attached hydrogens (tertiary/aromatic N) is 2. The highest BCUT2D eigenvalue weighted by Crippen LogP contribution is 2.35. The summed E-state index contributed by atoms with van der Waals surface area (Å²) in [4.78, 5) is 18.4. The van der Waals surface area contributed by atoms with E-state index in [2.05, 4.69) is 21.9 Å². The number of aliphatic imine (C=N–C) groups is 1. The average molecular weight is 465 g/mol. The molecule has 1 aliphatic carbocycles. The molecule has 2 aliphatic rings. The van der Waals surface area contributed by atoms with E-state index in [-0.39, 0.29) is 29.9 Å². The molecule has 2 unspecified atom stereocenters. The van der Waals surface area contributed by atoms with Crippen molar-refractivity contribution < 1.29 is 9.53 Å². The maximum Gasteiger partial charge on any atom is 0.305 e. The summed E-state index contributed by atoms with van der Waals surface area (Å²) in [5, 5.41) is 3.47. The largest absolute Gasteiger partial charge is 0.469 e. The number of hydrogen-bond acceptors (Lipinski definition) is 3. The van der Waals surface area contributed by atoms with Gasteiger partial charge < -0.3 is 15.0 Å². The minimum Gasteiger partial charge on any atom is -0.469 e. The summed E-state index contributed by atoms with van der Waals surface area (Å²) in [6.07, 6.45) is 10.4. The number of rotatable bonds is 8. The van der Waals surface area contributed by atoms with Crippen LogP contribution in [0.15, 0.2) is 4.99 Å². The molecule has 0 aromatic heterocycles. The van der Waals surface area contributed by atoms with E-state index in [9.17, 15) is 4.79 Å². The normalized spacial score (nSPS) is 23.0. The Morgan fingerprint density at radius 3 is 2.36 bits per heavy atom. The molecular weight excluding hydrogens is 429 g/mol. The van der Waals surface area contributed by atoms with Crippen LogP contribution in [0.4, 0.5) is 0 Å². The van der Waals surface area contributed by atoms with E-state index < -0.39 is 0 Å². The van der Waals surface area contributed by atoms with Crippen molar-refractivity contribution in [1.29, 1.82) is 0 Å². The molecule has 1 N–H and O–H groups in total. The van der Waals surface area contributed by atoms with Crippen LogP contribution < -0.4 is 5.32 Å².